The summed E-state index contributed by atoms with van der Waals surface area (Å²) in [4.78, 5) is 0. The summed E-state index contributed by atoms with van der Waals surface area (Å²) < 4.78 is 1.33. The van der Waals surface area contributed by atoms with Crippen LogP contribution in [0.15, 0.2) is 60.7 Å². The van der Waals surface area contributed by atoms with Crippen LogP contribution in [0.1, 0.15) is 16.7 Å². The van der Waals surface area contributed by atoms with E-state index in [2.05, 4.69) is 104 Å². The highest BCUT2D eigenvalue weighted by Gasteiger charge is 2.09. The summed E-state index contributed by atoms with van der Waals surface area (Å²) >= 11 is 2.41. The van der Waals surface area contributed by atoms with Crippen LogP contribution in [0, 0.1) is 24.3 Å². The quantitative estimate of drug-likeness (QED) is 0.430. The molecule has 3 aromatic carbocycles. The maximum Gasteiger partial charge on any atom is 0.0162 e. The SMILES string of the molecule is Cc1cc(-c2ccc(I)c(C)c2C)ccc1-c1ccccc1. The van der Waals surface area contributed by atoms with Crippen LogP contribution in [0.2, 0.25) is 0 Å². The minimum absolute atomic E-state index is 1.28. The molecule has 0 atom stereocenters. The zero-order chi connectivity index (χ0) is 15.7. The lowest BCUT2D eigenvalue weighted by molar-refractivity contribution is 1.31. The topological polar surface area (TPSA) is 0 Å². The summed E-state index contributed by atoms with van der Waals surface area (Å²) in [5.41, 5.74) is 9.29. The lowest BCUT2D eigenvalue weighted by Crippen LogP contribution is -1.92. The third-order valence-electron chi connectivity index (χ3n) is 4.34. The standard InChI is InChI=1S/C21H19I/c1-14-13-18(20-11-12-21(22)16(3)15(20)2)9-10-19(14)17-7-5-4-6-8-17/h4-13H,1-3H3. The van der Waals surface area contributed by atoms with E-state index in [4.69, 9.17) is 0 Å². The van der Waals surface area contributed by atoms with Gasteiger partial charge in [-0.2, -0.15) is 0 Å². The van der Waals surface area contributed by atoms with Crippen LogP contribution >= 0.6 is 22.6 Å². The second-order valence-corrected chi connectivity index (χ2v) is 6.90. The van der Waals surface area contributed by atoms with Crippen molar-refractivity contribution < 1.29 is 0 Å². The largest absolute Gasteiger partial charge is 0.0622 e. The van der Waals surface area contributed by atoms with E-state index < -0.39 is 0 Å². The molecule has 22 heavy (non-hydrogen) atoms. The van der Waals surface area contributed by atoms with Crippen molar-refractivity contribution in [2.75, 3.05) is 0 Å². The molecule has 0 aliphatic rings. The van der Waals surface area contributed by atoms with Gasteiger partial charge in [0.05, 0.1) is 0 Å². The number of aryl methyl sites for hydroxylation is 1. The number of benzene rings is 3. The van der Waals surface area contributed by atoms with E-state index in [9.17, 15) is 0 Å². The van der Waals surface area contributed by atoms with Gasteiger partial charge in [-0.1, -0.05) is 54.6 Å². The molecule has 0 bridgehead atoms. The third-order valence-corrected chi connectivity index (χ3v) is 5.51. The van der Waals surface area contributed by atoms with Crippen molar-refractivity contribution in [2.45, 2.75) is 20.8 Å². The minimum Gasteiger partial charge on any atom is -0.0622 e. The molecule has 0 aromatic heterocycles. The van der Waals surface area contributed by atoms with Gasteiger partial charge in [0.15, 0.2) is 0 Å². The Bertz CT molecular complexity index is 817. The molecule has 0 radical (unpaired) electrons. The monoisotopic (exact) mass is 398 g/mol. The van der Waals surface area contributed by atoms with Crippen molar-refractivity contribution in [3.8, 4) is 22.3 Å². The summed E-state index contributed by atoms with van der Waals surface area (Å²) in [7, 11) is 0. The van der Waals surface area contributed by atoms with E-state index in [1.807, 2.05) is 0 Å². The van der Waals surface area contributed by atoms with Crippen LogP contribution < -0.4 is 0 Å². The molecule has 0 N–H and O–H groups in total. The molecule has 0 fully saturated rings. The van der Waals surface area contributed by atoms with Crippen LogP contribution in [0.5, 0.6) is 0 Å². The first-order valence-electron chi connectivity index (χ1n) is 7.50. The minimum atomic E-state index is 1.28. The first-order chi connectivity index (χ1) is 10.6. The molecule has 1 heteroatoms. The Kier molecular flexibility index (Phi) is 4.34. The zero-order valence-electron chi connectivity index (χ0n) is 13.2. The van der Waals surface area contributed by atoms with E-state index >= 15 is 0 Å². The van der Waals surface area contributed by atoms with Gasteiger partial charge in [0.1, 0.15) is 0 Å². The van der Waals surface area contributed by atoms with E-state index in [1.165, 1.54) is 42.5 Å². The van der Waals surface area contributed by atoms with Gasteiger partial charge >= 0.3 is 0 Å². The molecule has 0 spiro atoms. The lowest BCUT2D eigenvalue weighted by Gasteiger charge is -2.13. The average Bonchev–Trinajstić information content (AvgIpc) is 2.53. The predicted molar refractivity (Wildman–Crippen MR) is 104 cm³/mol. The Hall–Kier alpha value is -1.61. The molecule has 0 saturated carbocycles. The van der Waals surface area contributed by atoms with Gasteiger partial charge in [-0.05, 0) is 88.4 Å². The second kappa shape index (κ2) is 6.25. The molecule has 0 heterocycles. The molecule has 0 nitrogen and oxygen atoms in total. The van der Waals surface area contributed by atoms with Crippen molar-refractivity contribution >= 4 is 22.6 Å². The second-order valence-electron chi connectivity index (χ2n) is 5.74. The smallest absolute Gasteiger partial charge is 0.0162 e. The van der Waals surface area contributed by atoms with Crippen molar-refractivity contribution in [1.29, 1.82) is 0 Å². The summed E-state index contributed by atoms with van der Waals surface area (Å²) in [5.74, 6) is 0. The van der Waals surface area contributed by atoms with Crippen LogP contribution in [0.4, 0.5) is 0 Å². The van der Waals surface area contributed by atoms with Gasteiger partial charge in [0.25, 0.3) is 0 Å². The van der Waals surface area contributed by atoms with Gasteiger partial charge in [-0.25, -0.2) is 0 Å². The Labute approximate surface area is 146 Å². The zero-order valence-corrected chi connectivity index (χ0v) is 15.3. The summed E-state index contributed by atoms with van der Waals surface area (Å²) in [5, 5.41) is 0. The Balaban J connectivity index is 2.08. The van der Waals surface area contributed by atoms with Gasteiger partial charge in [0, 0.05) is 3.57 Å². The van der Waals surface area contributed by atoms with E-state index in [0.717, 1.165) is 0 Å². The van der Waals surface area contributed by atoms with Gasteiger partial charge in [0.2, 0.25) is 0 Å². The van der Waals surface area contributed by atoms with E-state index in [-0.39, 0.29) is 0 Å². The maximum atomic E-state index is 2.41. The molecular weight excluding hydrogens is 379 g/mol. The lowest BCUT2D eigenvalue weighted by atomic mass is 9.92. The summed E-state index contributed by atoms with van der Waals surface area (Å²) in [6, 6.07) is 21.8. The summed E-state index contributed by atoms with van der Waals surface area (Å²) in [6.07, 6.45) is 0. The highest BCUT2D eigenvalue weighted by molar-refractivity contribution is 14.1. The molecule has 110 valence electrons. The Morgan fingerprint density at radius 3 is 2.00 bits per heavy atom. The number of hydrogen-bond acceptors (Lipinski definition) is 0. The number of rotatable bonds is 2. The third kappa shape index (κ3) is 2.82. The summed E-state index contributed by atoms with van der Waals surface area (Å²) in [6.45, 7) is 6.61. The maximum absolute atomic E-state index is 2.41. The van der Waals surface area contributed by atoms with Gasteiger partial charge < -0.3 is 0 Å². The molecule has 0 unspecified atom stereocenters. The van der Waals surface area contributed by atoms with Crippen LogP contribution in [-0.2, 0) is 0 Å². The normalized spacial score (nSPS) is 10.7. The van der Waals surface area contributed by atoms with Crippen molar-refractivity contribution in [3.05, 3.63) is 80.9 Å². The molecule has 0 aliphatic carbocycles. The first kappa shape index (κ1) is 15.3. The predicted octanol–water partition coefficient (Wildman–Crippen LogP) is 6.55. The van der Waals surface area contributed by atoms with Crippen LogP contribution in [0.3, 0.4) is 0 Å². The molecule has 3 aromatic rings. The van der Waals surface area contributed by atoms with Crippen LogP contribution in [0.25, 0.3) is 22.3 Å². The highest BCUT2D eigenvalue weighted by atomic mass is 127. The van der Waals surface area contributed by atoms with Crippen molar-refractivity contribution in [1.82, 2.24) is 0 Å². The van der Waals surface area contributed by atoms with Crippen molar-refractivity contribution in [2.24, 2.45) is 0 Å². The highest BCUT2D eigenvalue weighted by Crippen LogP contribution is 2.32. The molecule has 0 amide bonds. The van der Waals surface area contributed by atoms with Gasteiger partial charge in [-0.3, -0.25) is 0 Å². The van der Waals surface area contributed by atoms with Crippen LogP contribution in [-0.4, -0.2) is 0 Å². The fourth-order valence-electron chi connectivity index (χ4n) is 2.87. The Morgan fingerprint density at radius 1 is 0.636 bits per heavy atom. The molecule has 0 saturated heterocycles. The molecular formula is C21H19I. The van der Waals surface area contributed by atoms with Crippen molar-refractivity contribution in [3.63, 3.8) is 0 Å². The average molecular weight is 398 g/mol. The number of halogens is 1. The van der Waals surface area contributed by atoms with E-state index in [1.54, 1.807) is 0 Å². The number of hydrogen-bond donors (Lipinski definition) is 0. The first-order valence-corrected chi connectivity index (χ1v) is 8.58. The fraction of sp³-hybridized carbons (Fsp3) is 0.143. The van der Waals surface area contributed by atoms with Gasteiger partial charge in [-0.15, -0.1) is 0 Å². The molecule has 3 rings (SSSR count). The molecule has 0 aliphatic heterocycles. The van der Waals surface area contributed by atoms with E-state index in [0.29, 0.717) is 0 Å². The Morgan fingerprint density at radius 2 is 1.32 bits per heavy atom. The fourth-order valence-corrected chi connectivity index (χ4v) is 3.46.